The van der Waals surface area contributed by atoms with Crippen LogP contribution in [-0.2, 0) is 0 Å². The Morgan fingerprint density at radius 2 is 0.969 bits per heavy atom. The van der Waals surface area contributed by atoms with Gasteiger partial charge < -0.3 is 0 Å². The highest BCUT2D eigenvalue weighted by atomic mass is 35.5. The number of rotatable bonds is 7. The van der Waals surface area contributed by atoms with Crippen molar-refractivity contribution in [1.29, 1.82) is 0 Å². The van der Waals surface area contributed by atoms with Gasteiger partial charge in [-0.3, -0.25) is 19.4 Å². The number of anilines is 4. The van der Waals surface area contributed by atoms with E-state index in [9.17, 15) is 9.59 Å². The van der Waals surface area contributed by atoms with E-state index in [2.05, 4.69) is 50.8 Å². The van der Waals surface area contributed by atoms with Crippen molar-refractivity contribution in [3.05, 3.63) is 198 Å². The third-order valence-corrected chi connectivity index (χ3v) is 13.1. The number of fused-ring (bicyclic) bond motifs is 4. The lowest BCUT2D eigenvalue weighted by Gasteiger charge is -2.31. The molecule has 8 aromatic rings. The molecule has 6 nitrogen and oxygen atoms in total. The molecule has 10 rings (SSSR count). The molecule has 1 aromatic heterocycles. The highest BCUT2D eigenvalue weighted by Crippen LogP contribution is 2.56. The van der Waals surface area contributed by atoms with Gasteiger partial charge in [-0.15, -0.1) is 0 Å². The predicted octanol–water partition coefficient (Wildman–Crippen LogP) is 16.8. The van der Waals surface area contributed by atoms with E-state index in [0.29, 0.717) is 70.4 Å². The Labute approximate surface area is 401 Å². The molecular weight excluding hydrogens is 914 g/mol. The molecule has 11 heteroatoms. The van der Waals surface area contributed by atoms with Gasteiger partial charge in [0.2, 0.25) is 0 Å². The van der Waals surface area contributed by atoms with Crippen LogP contribution < -0.4 is 9.80 Å². The Morgan fingerprint density at radius 3 is 1.49 bits per heavy atom. The van der Waals surface area contributed by atoms with Gasteiger partial charge in [-0.05, 0) is 118 Å². The van der Waals surface area contributed by atoms with E-state index < -0.39 is 0 Å². The number of carbonyl (C=O) groups excluding carboxylic acids is 2. The molecule has 65 heavy (non-hydrogen) atoms. The molecule has 320 valence electrons. The molecule has 2 aliphatic rings. The summed E-state index contributed by atoms with van der Waals surface area (Å²) in [7, 11) is 0. The summed E-state index contributed by atoms with van der Waals surface area (Å²) in [5.41, 5.74) is 8.36. The Morgan fingerprint density at radius 1 is 0.492 bits per heavy atom. The van der Waals surface area contributed by atoms with Crippen LogP contribution in [0, 0.1) is 0 Å². The van der Waals surface area contributed by atoms with Crippen molar-refractivity contribution >= 4 is 114 Å². The number of nitrogens with zero attached hydrogens (tertiary/aromatic N) is 4. The minimum Gasteiger partial charge on any atom is -0.288 e. The molecule has 0 spiro atoms. The Kier molecular flexibility index (Phi) is 11.1. The van der Waals surface area contributed by atoms with Crippen LogP contribution in [0.2, 0.25) is 25.1 Å². The number of allylic oxidation sites excluding steroid dienone is 3. The molecule has 1 aliphatic heterocycles. The van der Waals surface area contributed by atoms with Gasteiger partial charge >= 0.3 is 0 Å². The fraction of sp³-hybridized carbons (Fsp3) is 0.111. The zero-order valence-corrected chi connectivity index (χ0v) is 39.2. The van der Waals surface area contributed by atoms with Crippen LogP contribution in [0.15, 0.2) is 151 Å². The van der Waals surface area contributed by atoms with Gasteiger partial charge in [0.05, 0.1) is 27.5 Å². The minimum absolute atomic E-state index is 0.0331. The summed E-state index contributed by atoms with van der Waals surface area (Å²) < 4.78 is 0. The van der Waals surface area contributed by atoms with E-state index in [1.54, 1.807) is 36.4 Å². The molecule has 0 N–H and O–H groups in total. The number of hydrogen-bond acceptors (Lipinski definition) is 6. The topological polar surface area (TPSA) is 66.4 Å². The van der Waals surface area contributed by atoms with Gasteiger partial charge in [0, 0.05) is 42.3 Å². The van der Waals surface area contributed by atoms with Gasteiger partial charge in [-0.25, -0.2) is 9.97 Å². The Balaban J connectivity index is 1.35. The van der Waals surface area contributed by atoms with Crippen molar-refractivity contribution < 1.29 is 9.59 Å². The van der Waals surface area contributed by atoms with E-state index in [1.807, 2.05) is 89.8 Å². The fourth-order valence-corrected chi connectivity index (χ4v) is 10.3. The second-order valence-corrected chi connectivity index (χ2v) is 18.9. The molecule has 0 saturated heterocycles. The van der Waals surface area contributed by atoms with Gasteiger partial charge in [0.25, 0.3) is 0 Å². The second kappa shape index (κ2) is 16.8. The Bertz CT molecular complexity index is 3220. The van der Waals surface area contributed by atoms with Crippen molar-refractivity contribution in [2.24, 2.45) is 0 Å². The fourth-order valence-electron chi connectivity index (χ4n) is 8.99. The summed E-state index contributed by atoms with van der Waals surface area (Å²) in [6.45, 7) is 8.62. The average molecular weight is 951 g/mol. The van der Waals surface area contributed by atoms with Crippen LogP contribution in [0.1, 0.15) is 71.4 Å². The summed E-state index contributed by atoms with van der Waals surface area (Å²) in [6, 6.07) is 39.9. The summed E-state index contributed by atoms with van der Waals surface area (Å²) in [4.78, 5) is 43.8. The second-order valence-electron chi connectivity index (χ2n) is 16.8. The van der Waals surface area contributed by atoms with Crippen LogP contribution in [0.4, 0.5) is 23.0 Å². The maximum atomic E-state index is 14.4. The number of ketones is 2. The van der Waals surface area contributed by atoms with Gasteiger partial charge in [-0.2, -0.15) is 0 Å². The Hall–Kier alpha value is -5.99. The molecule has 2 heterocycles. The zero-order valence-electron chi connectivity index (χ0n) is 35.4. The summed E-state index contributed by atoms with van der Waals surface area (Å²) in [6.07, 6.45) is 3.45. The first-order valence-electron chi connectivity index (χ1n) is 21.1. The normalized spacial score (nSPS) is 14.2. The number of para-hydroxylation sites is 3. The van der Waals surface area contributed by atoms with Crippen LogP contribution in [0.5, 0.6) is 0 Å². The molecule has 0 fully saturated rings. The quantitative estimate of drug-likeness (QED) is 0.117. The molecule has 0 bridgehead atoms. The number of halogens is 5. The highest BCUT2D eigenvalue weighted by Gasteiger charge is 2.42. The van der Waals surface area contributed by atoms with Crippen molar-refractivity contribution in [2.45, 2.75) is 39.5 Å². The van der Waals surface area contributed by atoms with Crippen molar-refractivity contribution in [3.8, 4) is 22.3 Å². The minimum atomic E-state index is -0.358. The molecule has 0 unspecified atom stereocenters. The SMILES string of the molecule is CC(C)c1cccc(C(C)C)c1N1/C(=C\C=C2C(=O)c3cc4ccccc4cc3C2=O)N(c2c(-c3cc(Cl)cc(Cl)c3)cccc2-c2cc(Cl)cc(Cl)c2)c2nc3cccc(Cl)c3nc21. The van der Waals surface area contributed by atoms with Crippen LogP contribution >= 0.6 is 58.0 Å². The lowest BCUT2D eigenvalue weighted by atomic mass is 9.92. The standard InChI is InChI=1S/C54H37Cl5N4O2/c1-28(2)38-12-7-13-39(29(3)4)49(38)62-47(19-18-42-51(64)43-24-30-10-5-6-11-31(30)25-44(43)52(42)65)63(53-54(62)61-48-45(59)16-9-17-46(48)60-53)50-40(32-20-34(55)26-35(56)21-32)14-8-15-41(50)33-22-36(57)27-37(58)23-33/h5-29H,1-4H3/b47-19+. The lowest BCUT2D eigenvalue weighted by Crippen LogP contribution is -2.25. The largest absolute Gasteiger partial charge is 0.288 e. The maximum Gasteiger partial charge on any atom is 0.197 e. The summed E-state index contributed by atoms with van der Waals surface area (Å²) in [5, 5.41) is 3.94. The number of hydrogen-bond donors (Lipinski definition) is 0. The first-order valence-corrected chi connectivity index (χ1v) is 23.0. The van der Waals surface area contributed by atoms with E-state index in [0.717, 1.165) is 49.8 Å². The first-order chi connectivity index (χ1) is 31.3. The summed E-state index contributed by atoms with van der Waals surface area (Å²) >= 11 is 34.0. The van der Waals surface area contributed by atoms with E-state index in [1.165, 1.54) is 0 Å². The molecule has 0 atom stereocenters. The number of carbonyl (C=O) groups is 2. The number of Topliss-reactive ketones (excluding diaryl/α,β-unsaturated/α-hetero) is 2. The van der Waals surface area contributed by atoms with E-state index in [4.69, 9.17) is 68.0 Å². The molecule has 7 aromatic carbocycles. The van der Waals surface area contributed by atoms with Crippen molar-refractivity contribution in [2.75, 3.05) is 9.80 Å². The zero-order chi connectivity index (χ0) is 45.4. The van der Waals surface area contributed by atoms with Crippen molar-refractivity contribution in [3.63, 3.8) is 0 Å². The van der Waals surface area contributed by atoms with E-state index in [-0.39, 0.29) is 29.0 Å². The first kappa shape index (κ1) is 42.9. The lowest BCUT2D eigenvalue weighted by molar-refractivity contribution is 0.0988. The van der Waals surface area contributed by atoms with Crippen LogP contribution in [0.25, 0.3) is 44.1 Å². The van der Waals surface area contributed by atoms with Gasteiger partial charge in [0.15, 0.2) is 23.2 Å². The molecule has 1 aliphatic carbocycles. The highest BCUT2D eigenvalue weighted by molar-refractivity contribution is 6.40. The third-order valence-electron chi connectivity index (χ3n) is 11.9. The molecule has 0 amide bonds. The van der Waals surface area contributed by atoms with Gasteiger partial charge in [0.1, 0.15) is 11.3 Å². The van der Waals surface area contributed by atoms with Gasteiger partial charge in [-0.1, -0.05) is 152 Å². The third kappa shape index (κ3) is 7.48. The monoisotopic (exact) mass is 948 g/mol. The summed E-state index contributed by atoms with van der Waals surface area (Å²) in [5.74, 6) is 0.885. The maximum absolute atomic E-state index is 14.4. The smallest absolute Gasteiger partial charge is 0.197 e. The van der Waals surface area contributed by atoms with Crippen molar-refractivity contribution in [1.82, 2.24) is 9.97 Å². The number of benzene rings is 7. The average Bonchev–Trinajstić information content (AvgIpc) is 3.70. The molecule has 0 radical (unpaired) electrons. The van der Waals surface area contributed by atoms with Crippen LogP contribution in [0.3, 0.4) is 0 Å². The molecule has 0 saturated carbocycles. The number of aromatic nitrogens is 2. The van der Waals surface area contributed by atoms with Crippen LogP contribution in [-0.4, -0.2) is 21.5 Å². The molecular formula is C54H37Cl5N4O2. The van der Waals surface area contributed by atoms with E-state index >= 15 is 0 Å². The predicted molar refractivity (Wildman–Crippen MR) is 270 cm³/mol.